The van der Waals surface area contributed by atoms with Gasteiger partial charge in [-0.3, -0.25) is 4.40 Å². The van der Waals surface area contributed by atoms with Crippen LogP contribution in [0.4, 0.5) is 0 Å². The zero-order chi connectivity index (χ0) is 22.1. The van der Waals surface area contributed by atoms with Gasteiger partial charge in [0, 0.05) is 21.7 Å². The first-order valence-electron chi connectivity index (χ1n) is 11.4. The molecule has 2 aromatic heterocycles. The summed E-state index contributed by atoms with van der Waals surface area (Å²) in [4.78, 5) is 4.99. The topological polar surface area (TPSA) is 17.3 Å². The number of hydrogen-bond acceptors (Lipinski definition) is 1. The molecule has 33 heavy (non-hydrogen) atoms. The number of imidazole rings is 1. The van der Waals surface area contributed by atoms with Gasteiger partial charge in [0.1, 0.15) is 5.65 Å². The van der Waals surface area contributed by atoms with Gasteiger partial charge in [-0.1, -0.05) is 78.9 Å². The van der Waals surface area contributed by atoms with E-state index in [0.29, 0.717) is 0 Å². The molecule has 0 bridgehead atoms. The van der Waals surface area contributed by atoms with Crippen LogP contribution in [0.3, 0.4) is 0 Å². The molecule has 7 rings (SSSR count). The van der Waals surface area contributed by atoms with E-state index in [2.05, 4.69) is 115 Å². The van der Waals surface area contributed by atoms with Gasteiger partial charge in [-0.2, -0.15) is 0 Å². The second kappa shape index (κ2) is 6.66. The van der Waals surface area contributed by atoms with Crippen molar-refractivity contribution in [3.63, 3.8) is 0 Å². The van der Waals surface area contributed by atoms with Gasteiger partial charge < -0.3 is 0 Å². The maximum atomic E-state index is 4.99. The van der Waals surface area contributed by atoms with Gasteiger partial charge in [0.2, 0.25) is 0 Å². The Kier molecular flexibility index (Phi) is 3.72. The SMILES string of the molecule is Cc1cccc(C)c1-c1cnc2c3ccccc3c3ccc4cc5ccccc5cc4c3n12. The number of hydrogen-bond donors (Lipinski definition) is 0. The number of fused-ring (bicyclic) bond motifs is 9. The first-order chi connectivity index (χ1) is 16.2. The molecule has 7 aromatic rings. The molecule has 0 aliphatic rings. The lowest BCUT2D eigenvalue weighted by Crippen LogP contribution is -1.97. The molecular weight excluding hydrogens is 400 g/mol. The van der Waals surface area contributed by atoms with Crippen LogP contribution in [0.25, 0.3) is 60.1 Å². The van der Waals surface area contributed by atoms with E-state index >= 15 is 0 Å². The predicted molar refractivity (Wildman–Crippen MR) is 140 cm³/mol. The van der Waals surface area contributed by atoms with Crippen LogP contribution < -0.4 is 0 Å². The summed E-state index contributed by atoms with van der Waals surface area (Å²) in [6.45, 7) is 4.38. The molecular formula is C31H22N2. The standard InChI is InChI=1S/C31H22N2/c1-19-8-7-9-20(2)29(19)28-18-32-31-26-13-6-5-12-24(26)25-15-14-23-16-21-10-3-4-11-22(21)17-27(23)30(25)33(28)31/h3-18H,1-2H3. The van der Waals surface area contributed by atoms with Crippen LogP contribution in [0.5, 0.6) is 0 Å². The van der Waals surface area contributed by atoms with Crippen LogP contribution in [0.2, 0.25) is 0 Å². The number of aryl methyl sites for hydroxylation is 2. The molecule has 2 heteroatoms. The Morgan fingerprint density at radius 3 is 2.06 bits per heavy atom. The van der Waals surface area contributed by atoms with E-state index < -0.39 is 0 Å². The van der Waals surface area contributed by atoms with Crippen LogP contribution in [0, 0.1) is 13.8 Å². The molecule has 0 N–H and O–H groups in total. The quantitative estimate of drug-likeness (QED) is 0.192. The zero-order valence-corrected chi connectivity index (χ0v) is 18.6. The Morgan fingerprint density at radius 2 is 1.27 bits per heavy atom. The molecule has 0 atom stereocenters. The number of pyridine rings is 1. The highest BCUT2D eigenvalue weighted by molar-refractivity contribution is 6.21. The molecule has 5 aromatic carbocycles. The summed E-state index contributed by atoms with van der Waals surface area (Å²) in [7, 11) is 0. The second-order valence-corrected chi connectivity index (χ2v) is 9.00. The Bertz CT molecular complexity index is 1870. The fourth-order valence-electron chi connectivity index (χ4n) is 5.53. The first-order valence-corrected chi connectivity index (χ1v) is 11.4. The Morgan fingerprint density at radius 1 is 0.576 bits per heavy atom. The van der Waals surface area contributed by atoms with Gasteiger partial charge >= 0.3 is 0 Å². The van der Waals surface area contributed by atoms with Crippen molar-refractivity contribution in [3.8, 4) is 11.3 Å². The van der Waals surface area contributed by atoms with Crippen molar-refractivity contribution in [1.82, 2.24) is 9.38 Å². The van der Waals surface area contributed by atoms with Crippen molar-refractivity contribution in [3.05, 3.63) is 108 Å². The van der Waals surface area contributed by atoms with Crippen molar-refractivity contribution >= 4 is 48.9 Å². The van der Waals surface area contributed by atoms with Crippen molar-refractivity contribution in [1.29, 1.82) is 0 Å². The molecule has 0 saturated carbocycles. The number of aromatic nitrogens is 2. The number of benzene rings is 5. The van der Waals surface area contributed by atoms with E-state index in [-0.39, 0.29) is 0 Å². The van der Waals surface area contributed by atoms with Crippen molar-refractivity contribution < 1.29 is 0 Å². The smallest absolute Gasteiger partial charge is 0.145 e. The zero-order valence-electron chi connectivity index (χ0n) is 18.6. The largest absolute Gasteiger partial charge is 0.291 e. The maximum Gasteiger partial charge on any atom is 0.145 e. The van der Waals surface area contributed by atoms with E-state index in [0.717, 1.165) is 11.3 Å². The van der Waals surface area contributed by atoms with Crippen molar-refractivity contribution in [2.24, 2.45) is 0 Å². The average Bonchev–Trinajstić information content (AvgIpc) is 3.27. The predicted octanol–water partition coefficient (Wildman–Crippen LogP) is 8.23. The Labute approximate surface area is 191 Å². The van der Waals surface area contributed by atoms with Crippen LogP contribution in [0.1, 0.15) is 11.1 Å². The molecule has 0 saturated heterocycles. The molecule has 0 aliphatic carbocycles. The normalized spacial score (nSPS) is 11.9. The van der Waals surface area contributed by atoms with E-state index in [1.807, 2.05) is 0 Å². The highest BCUT2D eigenvalue weighted by Gasteiger charge is 2.18. The number of nitrogens with zero attached hydrogens (tertiary/aromatic N) is 2. The molecule has 156 valence electrons. The molecule has 0 aliphatic heterocycles. The third kappa shape index (κ3) is 2.52. The van der Waals surface area contributed by atoms with Gasteiger partial charge in [-0.25, -0.2) is 4.98 Å². The molecule has 0 radical (unpaired) electrons. The van der Waals surface area contributed by atoms with Crippen molar-refractivity contribution in [2.75, 3.05) is 0 Å². The maximum absolute atomic E-state index is 4.99. The summed E-state index contributed by atoms with van der Waals surface area (Å²) in [5, 5.41) is 8.71. The molecule has 0 spiro atoms. The van der Waals surface area contributed by atoms with Crippen LogP contribution in [0.15, 0.2) is 97.2 Å². The van der Waals surface area contributed by atoms with E-state index in [4.69, 9.17) is 4.98 Å². The minimum absolute atomic E-state index is 1.01. The summed E-state index contributed by atoms with van der Waals surface area (Å²) in [6.07, 6.45) is 2.05. The monoisotopic (exact) mass is 422 g/mol. The average molecular weight is 423 g/mol. The lowest BCUT2D eigenvalue weighted by molar-refractivity contribution is 1.25. The highest BCUT2D eigenvalue weighted by Crippen LogP contribution is 2.38. The lowest BCUT2D eigenvalue weighted by atomic mass is 9.97. The molecule has 0 unspecified atom stereocenters. The van der Waals surface area contributed by atoms with Gasteiger partial charge in [0.15, 0.2) is 0 Å². The Hall–Kier alpha value is -4.17. The molecule has 0 amide bonds. The van der Waals surface area contributed by atoms with Gasteiger partial charge in [0.25, 0.3) is 0 Å². The minimum Gasteiger partial charge on any atom is -0.291 e. The first kappa shape index (κ1) is 18.4. The summed E-state index contributed by atoms with van der Waals surface area (Å²) in [5.41, 5.74) is 7.18. The second-order valence-electron chi connectivity index (χ2n) is 9.00. The fourth-order valence-corrected chi connectivity index (χ4v) is 5.53. The van der Waals surface area contributed by atoms with Crippen molar-refractivity contribution in [2.45, 2.75) is 13.8 Å². The number of rotatable bonds is 1. The van der Waals surface area contributed by atoms with Gasteiger partial charge in [0.05, 0.1) is 17.4 Å². The van der Waals surface area contributed by atoms with Crippen LogP contribution in [-0.2, 0) is 0 Å². The third-order valence-electron chi connectivity index (χ3n) is 7.04. The van der Waals surface area contributed by atoms with Crippen LogP contribution in [-0.4, -0.2) is 9.38 Å². The minimum atomic E-state index is 1.01. The highest BCUT2D eigenvalue weighted by atomic mass is 15.0. The van der Waals surface area contributed by atoms with E-state index in [1.165, 1.54) is 59.9 Å². The van der Waals surface area contributed by atoms with E-state index in [9.17, 15) is 0 Å². The summed E-state index contributed by atoms with van der Waals surface area (Å²) in [5.74, 6) is 0. The fraction of sp³-hybridized carbons (Fsp3) is 0.0645. The third-order valence-corrected chi connectivity index (χ3v) is 7.04. The molecule has 2 nitrogen and oxygen atoms in total. The molecule has 0 fully saturated rings. The van der Waals surface area contributed by atoms with Crippen LogP contribution >= 0.6 is 0 Å². The summed E-state index contributed by atoms with van der Waals surface area (Å²) >= 11 is 0. The summed E-state index contributed by atoms with van der Waals surface area (Å²) < 4.78 is 2.39. The molecule has 2 heterocycles. The van der Waals surface area contributed by atoms with Gasteiger partial charge in [-0.05, 0) is 58.7 Å². The Balaban J connectivity index is 1.79. The summed E-state index contributed by atoms with van der Waals surface area (Å²) in [6, 6.07) is 33.0. The van der Waals surface area contributed by atoms with E-state index in [1.54, 1.807) is 0 Å². The van der Waals surface area contributed by atoms with Gasteiger partial charge in [-0.15, -0.1) is 0 Å². The lowest BCUT2D eigenvalue weighted by Gasteiger charge is -2.16.